The molecule has 2 aromatic heterocycles. The van der Waals surface area contributed by atoms with Crippen molar-refractivity contribution in [1.29, 1.82) is 0 Å². The second kappa shape index (κ2) is 8.82. The van der Waals surface area contributed by atoms with Gasteiger partial charge in [-0.25, -0.2) is 19.0 Å². The Balaban J connectivity index is 1.50. The molecule has 1 atom stereocenters. The molecule has 0 aliphatic carbocycles. The van der Waals surface area contributed by atoms with Crippen molar-refractivity contribution in [2.75, 3.05) is 13.1 Å². The van der Waals surface area contributed by atoms with Crippen LogP contribution in [0.15, 0.2) is 73.7 Å². The molecule has 8 heteroatoms. The lowest BCUT2D eigenvalue weighted by molar-refractivity contribution is -0.127. The first-order valence-corrected chi connectivity index (χ1v) is 10.8. The molecular formula is C25H22FN5O2. The lowest BCUT2D eigenvalue weighted by Crippen LogP contribution is -2.40. The maximum Gasteiger partial charge on any atom is 0.246 e. The molecule has 1 aliphatic heterocycles. The number of hydrogen-bond acceptors (Lipinski definition) is 5. The van der Waals surface area contributed by atoms with Crippen molar-refractivity contribution in [3.05, 3.63) is 79.5 Å². The van der Waals surface area contributed by atoms with Gasteiger partial charge in [-0.2, -0.15) is 5.10 Å². The Hall–Kier alpha value is -4.07. The topological polar surface area (TPSA) is 73.1 Å². The van der Waals surface area contributed by atoms with Gasteiger partial charge in [0.2, 0.25) is 5.91 Å². The molecule has 1 aliphatic rings. The van der Waals surface area contributed by atoms with Gasteiger partial charge in [-0.3, -0.25) is 4.79 Å². The first-order chi connectivity index (χ1) is 16.1. The summed E-state index contributed by atoms with van der Waals surface area (Å²) in [6, 6.07) is 13.8. The third-order valence-corrected chi connectivity index (χ3v) is 5.78. The first-order valence-electron chi connectivity index (χ1n) is 10.8. The van der Waals surface area contributed by atoms with E-state index in [2.05, 4.69) is 16.5 Å². The van der Waals surface area contributed by atoms with E-state index >= 15 is 0 Å². The number of carbonyl (C=O) groups excluding carboxylic acids is 1. The molecule has 33 heavy (non-hydrogen) atoms. The third kappa shape index (κ3) is 4.07. The molecule has 0 bridgehead atoms. The van der Waals surface area contributed by atoms with E-state index in [-0.39, 0.29) is 17.7 Å². The van der Waals surface area contributed by atoms with Gasteiger partial charge in [0.05, 0.1) is 11.4 Å². The maximum absolute atomic E-state index is 14.9. The fourth-order valence-electron chi connectivity index (χ4n) is 4.18. The van der Waals surface area contributed by atoms with Gasteiger partial charge in [-0.15, -0.1) is 0 Å². The quantitative estimate of drug-likeness (QED) is 0.415. The van der Waals surface area contributed by atoms with E-state index in [9.17, 15) is 9.18 Å². The summed E-state index contributed by atoms with van der Waals surface area (Å²) < 4.78 is 22.4. The molecule has 1 saturated heterocycles. The summed E-state index contributed by atoms with van der Waals surface area (Å²) in [5, 5.41) is 5.52. The van der Waals surface area contributed by atoms with E-state index < -0.39 is 5.82 Å². The summed E-state index contributed by atoms with van der Waals surface area (Å²) >= 11 is 0. The van der Waals surface area contributed by atoms with Gasteiger partial charge in [-0.05, 0) is 49.2 Å². The highest BCUT2D eigenvalue weighted by Crippen LogP contribution is 2.34. The number of ether oxygens (including phenoxy) is 1. The van der Waals surface area contributed by atoms with E-state index in [0.29, 0.717) is 35.7 Å². The van der Waals surface area contributed by atoms with Crippen molar-refractivity contribution >= 4 is 16.9 Å². The molecule has 0 radical (unpaired) electrons. The number of rotatable bonds is 5. The summed E-state index contributed by atoms with van der Waals surface area (Å²) in [5.41, 5.74) is 1.84. The van der Waals surface area contributed by atoms with E-state index in [1.165, 1.54) is 18.5 Å². The number of benzene rings is 2. The summed E-state index contributed by atoms with van der Waals surface area (Å²) in [5.74, 6) is 0.109. The molecule has 5 rings (SSSR count). The van der Waals surface area contributed by atoms with Crippen LogP contribution < -0.4 is 4.74 Å². The SMILES string of the molecule is C=CC(=O)N1CCC[C@H](n2nc(-c3ccc(Oc4ccccc4)c(F)c3)c3cncnc32)C1. The molecule has 0 unspecified atom stereocenters. The molecule has 166 valence electrons. The van der Waals surface area contributed by atoms with Crippen molar-refractivity contribution in [3.63, 3.8) is 0 Å². The van der Waals surface area contributed by atoms with Gasteiger partial charge < -0.3 is 9.64 Å². The number of likely N-dealkylation sites (tertiary alicyclic amines) is 1. The molecule has 0 saturated carbocycles. The van der Waals surface area contributed by atoms with Crippen LogP contribution in [0.2, 0.25) is 0 Å². The zero-order valence-electron chi connectivity index (χ0n) is 17.9. The van der Waals surface area contributed by atoms with Gasteiger partial charge >= 0.3 is 0 Å². The zero-order chi connectivity index (χ0) is 22.8. The average Bonchev–Trinajstić information content (AvgIpc) is 3.25. The number of amides is 1. The number of aromatic nitrogens is 4. The van der Waals surface area contributed by atoms with E-state index in [0.717, 1.165) is 18.2 Å². The Bertz CT molecular complexity index is 1320. The predicted octanol–water partition coefficient (Wildman–Crippen LogP) is 4.77. The lowest BCUT2D eigenvalue weighted by Gasteiger charge is -2.32. The molecule has 0 spiro atoms. The second-order valence-electron chi connectivity index (χ2n) is 7.90. The standard InChI is InChI=1S/C25H22FN5O2/c1-2-23(32)30-12-6-7-18(15-30)31-25-20(14-27-16-28-25)24(29-31)17-10-11-22(21(26)13-17)33-19-8-4-3-5-9-19/h2-5,8-11,13-14,16,18H,1,6-7,12,15H2/t18-/m0/s1. The van der Waals surface area contributed by atoms with Crippen molar-refractivity contribution < 1.29 is 13.9 Å². The fraction of sp³-hybridized carbons (Fsp3) is 0.200. The van der Waals surface area contributed by atoms with Gasteiger partial charge in [-0.1, -0.05) is 24.8 Å². The number of nitrogens with zero attached hydrogens (tertiary/aromatic N) is 5. The molecule has 1 amide bonds. The minimum Gasteiger partial charge on any atom is -0.454 e. The Morgan fingerprint density at radius 3 is 2.85 bits per heavy atom. The largest absolute Gasteiger partial charge is 0.454 e. The van der Waals surface area contributed by atoms with E-state index in [1.807, 2.05) is 22.9 Å². The lowest BCUT2D eigenvalue weighted by atomic mass is 10.1. The summed E-state index contributed by atoms with van der Waals surface area (Å²) in [6.45, 7) is 4.80. The average molecular weight is 443 g/mol. The van der Waals surface area contributed by atoms with Crippen LogP contribution in [-0.2, 0) is 4.79 Å². The van der Waals surface area contributed by atoms with Crippen molar-refractivity contribution in [1.82, 2.24) is 24.6 Å². The summed E-state index contributed by atoms with van der Waals surface area (Å²) in [7, 11) is 0. The zero-order valence-corrected chi connectivity index (χ0v) is 17.9. The summed E-state index contributed by atoms with van der Waals surface area (Å²) in [6.07, 6.45) is 6.20. The molecule has 3 heterocycles. The molecule has 0 N–H and O–H groups in total. The van der Waals surface area contributed by atoms with Crippen LogP contribution >= 0.6 is 0 Å². The van der Waals surface area contributed by atoms with Crippen LogP contribution in [-0.4, -0.2) is 43.6 Å². The number of carbonyl (C=O) groups is 1. The fourth-order valence-corrected chi connectivity index (χ4v) is 4.18. The Morgan fingerprint density at radius 2 is 2.06 bits per heavy atom. The molecule has 2 aromatic carbocycles. The Labute approximate surface area is 190 Å². The van der Waals surface area contributed by atoms with Crippen LogP contribution in [0, 0.1) is 5.82 Å². The third-order valence-electron chi connectivity index (χ3n) is 5.78. The Morgan fingerprint density at radius 1 is 1.21 bits per heavy atom. The van der Waals surface area contributed by atoms with Crippen LogP contribution in [0.4, 0.5) is 4.39 Å². The summed E-state index contributed by atoms with van der Waals surface area (Å²) in [4.78, 5) is 22.5. The van der Waals surface area contributed by atoms with Gasteiger partial charge in [0.15, 0.2) is 17.2 Å². The molecule has 7 nitrogen and oxygen atoms in total. The highest BCUT2D eigenvalue weighted by Gasteiger charge is 2.27. The molecule has 1 fully saturated rings. The normalized spacial score (nSPS) is 16.0. The minimum atomic E-state index is -0.490. The smallest absolute Gasteiger partial charge is 0.246 e. The Kier molecular flexibility index (Phi) is 5.56. The van der Waals surface area contributed by atoms with Crippen LogP contribution in [0.5, 0.6) is 11.5 Å². The van der Waals surface area contributed by atoms with Crippen LogP contribution in [0.1, 0.15) is 18.9 Å². The minimum absolute atomic E-state index is 0.0423. The number of para-hydroxylation sites is 1. The van der Waals surface area contributed by atoms with Gasteiger partial charge in [0.1, 0.15) is 17.8 Å². The first kappa shape index (κ1) is 20.8. The highest BCUT2D eigenvalue weighted by atomic mass is 19.1. The van der Waals surface area contributed by atoms with E-state index in [4.69, 9.17) is 9.84 Å². The van der Waals surface area contributed by atoms with Gasteiger partial charge in [0, 0.05) is 24.8 Å². The van der Waals surface area contributed by atoms with Crippen LogP contribution in [0.3, 0.4) is 0 Å². The maximum atomic E-state index is 14.9. The van der Waals surface area contributed by atoms with E-state index in [1.54, 1.807) is 35.4 Å². The van der Waals surface area contributed by atoms with Crippen molar-refractivity contribution in [2.24, 2.45) is 0 Å². The number of hydrogen-bond donors (Lipinski definition) is 0. The number of fused-ring (bicyclic) bond motifs is 1. The van der Waals surface area contributed by atoms with Crippen molar-refractivity contribution in [3.8, 4) is 22.8 Å². The van der Waals surface area contributed by atoms with Crippen LogP contribution in [0.25, 0.3) is 22.3 Å². The highest BCUT2D eigenvalue weighted by molar-refractivity contribution is 5.91. The monoisotopic (exact) mass is 443 g/mol. The van der Waals surface area contributed by atoms with Gasteiger partial charge in [0.25, 0.3) is 0 Å². The number of halogens is 1. The predicted molar refractivity (Wildman–Crippen MR) is 122 cm³/mol. The molecule has 4 aromatic rings. The van der Waals surface area contributed by atoms with Crippen molar-refractivity contribution in [2.45, 2.75) is 18.9 Å². The second-order valence-corrected chi connectivity index (χ2v) is 7.90. The number of piperidine rings is 1. The molecular weight excluding hydrogens is 421 g/mol.